The maximum Gasteiger partial charge on any atom is 0.343 e. The predicted molar refractivity (Wildman–Crippen MR) is 78.5 cm³/mol. The highest BCUT2D eigenvalue weighted by molar-refractivity contribution is 5.93. The predicted octanol–water partition coefficient (Wildman–Crippen LogP) is 2.66. The fraction of sp³-hybridized carbons (Fsp3) is 0.533. The molecule has 0 fully saturated rings. The van der Waals surface area contributed by atoms with E-state index in [0.29, 0.717) is 23.3 Å². The second-order valence-corrected chi connectivity index (χ2v) is 4.94. The number of aryl methyl sites for hydroxylation is 2. The Kier molecular flexibility index (Phi) is 4.77. The molecular weight excluding hydrogens is 272 g/mol. The molecule has 6 heteroatoms. The number of hydrogen-bond donors (Lipinski definition) is 0. The van der Waals surface area contributed by atoms with E-state index in [0.717, 1.165) is 19.3 Å². The van der Waals surface area contributed by atoms with Gasteiger partial charge in [0, 0.05) is 12.7 Å². The highest BCUT2D eigenvalue weighted by Gasteiger charge is 2.20. The zero-order valence-corrected chi connectivity index (χ0v) is 12.6. The SMILES string of the molecule is CCCCCn1cc(C(=O)OCC)c(=O)c2c(C)noc21. The molecule has 0 aromatic carbocycles. The molecule has 2 aromatic rings. The molecule has 2 aromatic heterocycles. The Morgan fingerprint density at radius 2 is 2.14 bits per heavy atom. The van der Waals surface area contributed by atoms with Gasteiger partial charge < -0.3 is 13.8 Å². The van der Waals surface area contributed by atoms with Gasteiger partial charge in [-0.2, -0.15) is 0 Å². The van der Waals surface area contributed by atoms with Gasteiger partial charge in [0.2, 0.25) is 11.1 Å². The second kappa shape index (κ2) is 6.56. The molecule has 0 amide bonds. The molecular formula is C15H20N2O4. The molecule has 0 bridgehead atoms. The number of hydrogen-bond acceptors (Lipinski definition) is 5. The van der Waals surface area contributed by atoms with Crippen LogP contribution in [-0.2, 0) is 11.3 Å². The molecule has 21 heavy (non-hydrogen) atoms. The van der Waals surface area contributed by atoms with Crippen LogP contribution in [0.1, 0.15) is 49.2 Å². The molecule has 0 aliphatic heterocycles. The molecule has 0 spiro atoms. The Morgan fingerprint density at radius 3 is 2.81 bits per heavy atom. The normalized spacial score (nSPS) is 11.0. The van der Waals surface area contributed by atoms with Gasteiger partial charge in [0.1, 0.15) is 10.9 Å². The summed E-state index contributed by atoms with van der Waals surface area (Å²) >= 11 is 0. The molecule has 0 saturated heterocycles. The van der Waals surface area contributed by atoms with E-state index >= 15 is 0 Å². The Labute approximate surface area is 122 Å². The van der Waals surface area contributed by atoms with Crippen LogP contribution in [0.5, 0.6) is 0 Å². The van der Waals surface area contributed by atoms with Crippen LogP contribution in [0.2, 0.25) is 0 Å². The number of aromatic nitrogens is 2. The van der Waals surface area contributed by atoms with Crippen LogP contribution in [0.3, 0.4) is 0 Å². The van der Waals surface area contributed by atoms with Crippen molar-refractivity contribution in [2.24, 2.45) is 0 Å². The fourth-order valence-electron chi connectivity index (χ4n) is 2.28. The third kappa shape index (κ3) is 2.99. The molecule has 2 heterocycles. The summed E-state index contributed by atoms with van der Waals surface area (Å²) in [5.41, 5.74) is 0.563. The summed E-state index contributed by atoms with van der Waals surface area (Å²) in [6, 6.07) is 0. The van der Waals surface area contributed by atoms with Crippen LogP contribution in [0.15, 0.2) is 15.5 Å². The van der Waals surface area contributed by atoms with Gasteiger partial charge in [0.15, 0.2) is 0 Å². The minimum atomic E-state index is -0.603. The molecule has 0 radical (unpaired) electrons. The van der Waals surface area contributed by atoms with Crippen LogP contribution in [0, 0.1) is 6.92 Å². The highest BCUT2D eigenvalue weighted by Crippen LogP contribution is 2.16. The first-order chi connectivity index (χ1) is 10.1. The minimum Gasteiger partial charge on any atom is -0.462 e. The molecule has 0 atom stereocenters. The topological polar surface area (TPSA) is 74.3 Å². The van der Waals surface area contributed by atoms with E-state index in [1.807, 2.05) is 0 Å². The number of pyridine rings is 1. The number of rotatable bonds is 6. The zero-order valence-electron chi connectivity index (χ0n) is 12.6. The largest absolute Gasteiger partial charge is 0.462 e. The number of ether oxygens (including phenoxy) is 1. The molecule has 6 nitrogen and oxygen atoms in total. The van der Waals surface area contributed by atoms with Crippen molar-refractivity contribution in [2.75, 3.05) is 6.61 Å². The van der Waals surface area contributed by atoms with Crippen LogP contribution in [-0.4, -0.2) is 22.3 Å². The standard InChI is InChI=1S/C15H20N2O4/c1-4-6-7-8-17-9-11(15(19)20-5-2)13(18)12-10(3)16-21-14(12)17/h9H,4-8H2,1-3H3. The number of nitrogens with zero attached hydrogens (tertiary/aromatic N) is 2. The average molecular weight is 292 g/mol. The number of esters is 1. The Hall–Kier alpha value is -2.11. The van der Waals surface area contributed by atoms with E-state index in [2.05, 4.69) is 12.1 Å². The van der Waals surface area contributed by atoms with E-state index in [1.54, 1.807) is 18.4 Å². The summed E-state index contributed by atoms with van der Waals surface area (Å²) in [4.78, 5) is 24.3. The Morgan fingerprint density at radius 1 is 1.38 bits per heavy atom. The highest BCUT2D eigenvalue weighted by atomic mass is 16.5. The van der Waals surface area contributed by atoms with Crippen molar-refractivity contribution in [3.63, 3.8) is 0 Å². The quantitative estimate of drug-likeness (QED) is 0.604. The molecule has 0 unspecified atom stereocenters. The summed E-state index contributed by atoms with van der Waals surface area (Å²) < 4.78 is 12.0. The summed E-state index contributed by atoms with van der Waals surface area (Å²) in [6.45, 7) is 6.42. The first-order valence-electron chi connectivity index (χ1n) is 7.26. The van der Waals surface area contributed by atoms with Crippen molar-refractivity contribution in [3.8, 4) is 0 Å². The summed E-state index contributed by atoms with van der Waals surface area (Å²) in [7, 11) is 0. The van der Waals surface area contributed by atoms with Gasteiger partial charge >= 0.3 is 5.97 Å². The minimum absolute atomic E-state index is 0.0344. The van der Waals surface area contributed by atoms with Crippen molar-refractivity contribution in [1.82, 2.24) is 9.72 Å². The average Bonchev–Trinajstić information content (AvgIpc) is 2.84. The fourth-order valence-corrected chi connectivity index (χ4v) is 2.28. The lowest BCUT2D eigenvalue weighted by Gasteiger charge is -2.09. The van der Waals surface area contributed by atoms with E-state index in [9.17, 15) is 9.59 Å². The number of unbranched alkanes of at least 4 members (excludes halogenated alkanes) is 2. The monoisotopic (exact) mass is 292 g/mol. The first kappa shape index (κ1) is 15.3. The third-order valence-electron chi connectivity index (χ3n) is 3.36. The van der Waals surface area contributed by atoms with Gasteiger partial charge in [0.05, 0.1) is 12.3 Å². The molecule has 114 valence electrons. The number of fused-ring (bicyclic) bond motifs is 1. The van der Waals surface area contributed by atoms with Crippen molar-refractivity contribution in [1.29, 1.82) is 0 Å². The van der Waals surface area contributed by atoms with Crippen LogP contribution >= 0.6 is 0 Å². The Bertz CT molecular complexity index is 699. The number of carbonyl (C=O) groups excluding carboxylic acids is 1. The maximum absolute atomic E-state index is 12.4. The van der Waals surface area contributed by atoms with E-state index in [-0.39, 0.29) is 17.6 Å². The summed E-state index contributed by atoms with van der Waals surface area (Å²) in [5, 5.41) is 4.20. The van der Waals surface area contributed by atoms with Gasteiger partial charge in [-0.1, -0.05) is 24.9 Å². The zero-order chi connectivity index (χ0) is 15.4. The van der Waals surface area contributed by atoms with Gasteiger partial charge in [-0.15, -0.1) is 0 Å². The van der Waals surface area contributed by atoms with Crippen molar-refractivity contribution in [3.05, 3.63) is 27.7 Å². The lowest BCUT2D eigenvalue weighted by molar-refractivity contribution is 0.0524. The van der Waals surface area contributed by atoms with E-state index < -0.39 is 5.97 Å². The molecule has 0 aliphatic carbocycles. The van der Waals surface area contributed by atoms with Gasteiger partial charge in [0.25, 0.3) is 0 Å². The molecule has 0 N–H and O–H groups in total. The lowest BCUT2D eigenvalue weighted by Crippen LogP contribution is -2.20. The van der Waals surface area contributed by atoms with Crippen LogP contribution in [0.25, 0.3) is 11.1 Å². The summed E-state index contributed by atoms with van der Waals surface area (Å²) in [6.07, 6.45) is 4.61. The van der Waals surface area contributed by atoms with Crippen molar-refractivity contribution >= 4 is 17.1 Å². The molecule has 0 aliphatic rings. The van der Waals surface area contributed by atoms with E-state index in [1.165, 1.54) is 6.20 Å². The number of carbonyl (C=O) groups is 1. The molecule has 2 rings (SSSR count). The van der Waals surface area contributed by atoms with Gasteiger partial charge in [-0.25, -0.2) is 4.79 Å². The lowest BCUT2D eigenvalue weighted by atomic mass is 10.2. The van der Waals surface area contributed by atoms with Crippen molar-refractivity contribution in [2.45, 2.75) is 46.6 Å². The first-order valence-corrected chi connectivity index (χ1v) is 7.26. The van der Waals surface area contributed by atoms with Crippen LogP contribution in [0.4, 0.5) is 0 Å². The third-order valence-corrected chi connectivity index (χ3v) is 3.36. The maximum atomic E-state index is 12.4. The summed E-state index contributed by atoms with van der Waals surface area (Å²) in [5.74, 6) is -0.603. The van der Waals surface area contributed by atoms with Crippen LogP contribution < -0.4 is 5.43 Å². The van der Waals surface area contributed by atoms with Gasteiger partial charge in [-0.05, 0) is 20.3 Å². The van der Waals surface area contributed by atoms with Gasteiger partial charge in [-0.3, -0.25) is 4.79 Å². The second-order valence-electron chi connectivity index (χ2n) is 4.94. The van der Waals surface area contributed by atoms with Crippen molar-refractivity contribution < 1.29 is 14.1 Å². The molecule has 0 saturated carbocycles. The smallest absolute Gasteiger partial charge is 0.343 e. The Balaban J connectivity index is 2.54. The van der Waals surface area contributed by atoms with E-state index in [4.69, 9.17) is 9.26 Å².